The van der Waals surface area contributed by atoms with Crippen molar-refractivity contribution in [1.29, 1.82) is 0 Å². The Bertz CT molecular complexity index is 2090. The largest absolute Gasteiger partial charge is 0.465 e. The Kier molecular flexibility index (Phi) is 9.38. The summed E-state index contributed by atoms with van der Waals surface area (Å²) in [6.45, 7) is 7.53. The third kappa shape index (κ3) is 6.94. The number of ether oxygens (including phenoxy) is 1. The number of imidazole rings is 2. The van der Waals surface area contributed by atoms with Crippen molar-refractivity contribution in [2.24, 2.45) is 23.7 Å². The Morgan fingerprint density at radius 3 is 1.45 bits per heavy atom. The van der Waals surface area contributed by atoms with Crippen LogP contribution in [0.25, 0.3) is 33.6 Å². The van der Waals surface area contributed by atoms with Crippen molar-refractivity contribution >= 4 is 24.0 Å². The maximum atomic E-state index is 13.8. The van der Waals surface area contributed by atoms with Crippen molar-refractivity contribution in [2.45, 2.75) is 89.6 Å². The summed E-state index contributed by atoms with van der Waals surface area (Å²) in [5, 5.41) is 14.5. The maximum Gasteiger partial charge on any atom is 0.407 e. The third-order valence-corrected chi connectivity index (χ3v) is 11.9. The van der Waals surface area contributed by atoms with Crippen LogP contribution in [0.15, 0.2) is 60.9 Å². The lowest BCUT2D eigenvalue weighted by atomic mass is 10.0. The van der Waals surface area contributed by atoms with Crippen molar-refractivity contribution in [3.63, 3.8) is 0 Å². The van der Waals surface area contributed by atoms with Gasteiger partial charge in [-0.2, -0.15) is 0 Å². The van der Waals surface area contributed by atoms with E-state index in [0.29, 0.717) is 11.8 Å². The number of hydrogen-bond donors (Lipinski definition) is 5. The normalized spacial score (nSPS) is 24.6. The number of aromatic nitrogens is 4. The number of alkyl carbamates (subject to hydrolysis) is 1. The number of aromatic amines is 2. The van der Waals surface area contributed by atoms with E-state index >= 15 is 0 Å². The molecule has 1 unspecified atom stereocenters. The van der Waals surface area contributed by atoms with Crippen LogP contribution >= 0.6 is 0 Å². The Morgan fingerprint density at radius 1 is 0.673 bits per heavy atom. The molecule has 2 saturated carbocycles. The fourth-order valence-electron chi connectivity index (χ4n) is 8.69. The van der Waals surface area contributed by atoms with Crippen LogP contribution in [0.2, 0.25) is 0 Å². The molecule has 5 N–H and O–H groups in total. The van der Waals surface area contributed by atoms with Gasteiger partial charge >= 0.3 is 12.2 Å². The Morgan fingerprint density at radius 2 is 1.07 bits per heavy atom. The van der Waals surface area contributed by atoms with E-state index < -0.39 is 24.3 Å². The number of fused-ring (bicyclic) bond motifs is 2. The van der Waals surface area contributed by atoms with Crippen LogP contribution in [0.5, 0.6) is 0 Å². The van der Waals surface area contributed by atoms with Crippen LogP contribution in [-0.2, 0) is 14.3 Å². The van der Waals surface area contributed by atoms with Gasteiger partial charge in [-0.25, -0.2) is 19.6 Å². The highest BCUT2D eigenvalue weighted by molar-refractivity contribution is 5.88. The molecule has 4 aliphatic rings. The SMILES string of the molecule is COC(=O)N[C@@H](C(=O)N1C2C[C@@H]2C[C@H]1c1ncc(-c2ccc(-c3ccc(-c4cnc([C@@H]5C[C@@H]6C[C@@H]6N5C(=O)[C@H](NC(=O)O)C(C)C)[nH]4)cc3)cc2)[nH]1)C(C)C. The zero-order valence-electron chi connectivity index (χ0n) is 31.7. The topological polar surface area (TPSA) is 186 Å². The number of amides is 4. The average Bonchev–Trinajstić information content (AvgIpc) is 3.76. The van der Waals surface area contributed by atoms with Gasteiger partial charge in [-0.3, -0.25) is 9.59 Å². The molecule has 0 bridgehead atoms. The quantitative estimate of drug-likeness (QED) is 0.121. The number of hydrogen-bond acceptors (Lipinski definition) is 7. The lowest BCUT2D eigenvalue weighted by molar-refractivity contribution is -0.137. The summed E-state index contributed by atoms with van der Waals surface area (Å²) in [6, 6.07) is 14.9. The molecule has 4 heterocycles. The zero-order valence-corrected chi connectivity index (χ0v) is 31.7. The molecule has 8 rings (SSSR count). The minimum absolute atomic E-state index is 0.0999. The van der Waals surface area contributed by atoms with Crippen LogP contribution in [-0.4, -0.2) is 90.1 Å². The molecular weight excluding hydrogens is 701 g/mol. The summed E-state index contributed by atoms with van der Waals surface area (Å²) in [7, 11) is 1.30. The summed E-state index contributed by atoms with van der Waals surface area (Å²) in [5.74, 6) is 1.75. The van der Waals surface area contributed by atoms with Crippen molar-refractivity contribution in [1.82, 2.24) is 40.4 Å². The second-order valence-corrected chi connectivity index (χ2v) is 16.2. The van der Waals surface area contributed by atoms with Gasteiger partial charge in [-0.05, 0) is 71.6 Å². The highest BCUT2D eigenvalue weighted by Crippen LogP contribution is 2.54. The van der Waals surface area contributed by atoms with Gasteiger partial charge in [-0.15, -0.1) is 0 Å². The summed E-state index contributed by atoms with van der Waals surface area (Å²) in [5.41, 5.74) is 5.77. The van der Waals surface area contributed by atoms with Gasteiger partial charge in [0.2, 0.25) is 11.8 Å². The molecule has 288 valence electrons. The molecule has 2 aromatic heterocycles. The van der Waals surface area contributed by atoms with E-state index in [2.05, 4.69) is 62.0 Å². The molecule has 0 spiro atoms. The second-order valence-electron chi connectivity index (χ2n) is 16.2. The van der Waals surface area contributed by atoms with Crippen molar-refractivity contribution in [3.8, 4) is 33.6 Å². The molecule has 2 aliphatic carbocycles. The van der Waals surface area contributed by atoms with Crippen molar-refractivity contribution in [2.75, 3.05) is 7.11 Å². The molecule has 4 amide bonds. The Hall–Kier alpha value is -5.66. The monoisotopic (exact) mass is 748 g/mol. The number of nitrogens with one attached hydrogen (secondary N) is 4. The zero-order chi connectivity index (χ0) is 38.7. The van der Waals surface area contributed by atoms with Gasteiger partial charge in [0, 0.05) is 12.1 Å². The molecule has 14 heteroatoms. The second kappa shape index (κ2) is 14.2. The lowest BCUT2D eigenvalue weighted by Crippen LogP contribution is -2.52. The van der Waals surface area contributed by atoms with Crippen LogP contribution in [0, 0.1) is 23.7 Å². The number of nitrogens with zero attached hydrogens (tertiary/aromatic N) is 4. The number of rotatable bonds is 11. The van der Waals surface area contributed by atoms with Crippen LogP contribution in [0.4, 0.5) is 9.59 Å². The van der Waals surface area contributed by atoms with Crippen molar-refractivity contribution in [3.05, 3.63) is 72.6 Å². The fraction of sp³-hybridized carbons (Fsp3) is 0.463. The summed E-state index contributed by atoms with van der Waals surface area (Å²) >= 11 is 0. The van der Waals surface area contributed by atoms with E-state index in [1.165, 1.54) is 7.11 Å². The number of methoxy groups -OCH3 is 1. The number of benzene rings is 2. The number of H-pyrrole nitrogens is 2. The Balaban J connectivity index is 0.933. The molecule has 8 atom stereocenters. The first kappa shape index (κ1) is 36.3. The molecule has 0 radical (unpaired) electrons. The van der Waals surface area contributed by atoms with E-state index in [1.807, 2.05) is 55.8 Å². The van der Waals surface area contributed by atoms with Gasteiger partial charge in [0.25, 0.3) is 0 Å². The van der Waals surface area contributed by atoms with E-state index in [1.54, 1.807) is 6.20 Å². The summed E-state index contributed by atoms with van der Waals surface area (Å²) in [6.07, 6.45) is 5.36. The van der Waals surface area contributed by atoms with Gasteiger partial charge in [0.15, 0.2) is 0 Å². The number of likely N-dealkylation sites (tertiary alicyclic amines) is 2. The molecule has 4 fully saturated rings. The average molecular weight is 749 g/mol. The van der Waals surface area contributed by atoms with Gasteiger partial charge < -0.3 is 40.2 Å². The third-order valence-electron chi connectivity index (χ3n) is 11.9. The highest BCUT2D eigenvalue weighted by Gasteiger charge is 2.57. The molecular formula is C41H48N8O6. The van der Waals surface area contributed by atoms with Crippen LogP contribution in [0.1, 0.15) is 77.1 Å². The molecule has 2 aliphatic heterocycles. The van der Waals surface area contributed by atoms with E-state index in [4.69, 9.17) is 9.72 Å². The van der Waals surface area contributed by atoms with Gasteiger partial charge in [-0.1, -0.05) is 76.2 Å². The van der Waals surface area contributed by atoms with E-state index in [9.17, 15) is 24.3 Å². The predicted octanol–water partition coefficient (Wildman–Crippen LogP) is 6.13. The predicted molar refractivity (Wildman–Crippen MR) is 203 cm³/mol. The van der Waals surface area contributed by atoms with Gasteiger partial charge in [0.1, 0.15) is 23.7 Å². The fourth-order valence-corrected chi connectivity index (χ4v) is 8.69. The van der Waals surface area contributed by atoms with E-state index in [0.717, 1.165) is 71.0 Å². The molecule has 14 nitrogen and oxygen atoms in total. The first-order chi connectivity index (χ1) is 26.4. The number of carboxylic acid groups (broad SMARTS) is 1. The minimum atomic E-state index is -1.20. The standard InChI is InChI=1S/C41H48N8O6/c1-20(2)34(46-40(52)53)38(50)48-30-14-26(30)16-32(48)36-42-18-28(44-36)24-10-6-22(7-11-24)23-8-12-25(13-9-23)29-19-43-37(45-29)33-17-27-15-31(27)49(33)39(51)35(21(3)4)47-41(54)55-5/h6-13,18-21,26-27,30-35,46H,14-17H2,1-5H3,(H,42,44)(H,43,45)(H,47,54)(H,52,53)/t26-,27+,30-,31?,32-,33-,34+,35+/m0/s1. The van der Waals surface area contributed by atoms with Gasteiger partial charge in [0.05, 0.1) is 43.0 Å². The first-order valence-corrected chi connectivity index (χ1v) is 19.2. The minimum Gasteiger partial charge on any atom is -0.465 e. The smallest absolute Gasteiger partial charge is 0.407 e. The number of piperidine rings is 2. The maximum absolute atomic E-state index is 13.8. The first-order valence-electron chi connectivity index (χ1n) is 19.2. The van der Waals surface area contributed by atoms with Crippen LogP contribution in [0.3, 0.4) is 0 Å². The highest BCUT2D eigenvalue weighted by atomic mass is 16.5. The number of carbonyl (C=O) groups excluding carboxylic acids is 3. The van der Waals surface area contributed by atoms with Crippen LogP contribution < -0.4 is 10.6 Å². The molecule has 2 aromatic carbocycles. The molecule has 2 saturated heterocycles. The molecule has 55 heavy (non-hydrogen) atoms. The number of carbonyl (C=O) groups is 4. The van der Waals surface area contributed by atoms with Crippen molar-refractivity contribution < 1.29 is 29.0 Å². The summed E-state index contributed by atoms with van der Waals surface area (Å²) in [4.78, 5) is 70.9. The molecule has 4 aromatic rings. The summed E-state index contributed by atoms with van der Waals surface area (Å²) < 4.78 is 4.79. The van der Waals surface area contributed by atoms with E-state index in [-0.39, 0.29) is 47.8 Å². The Labute approximate surface area is 319 Å². The lowest BCUT2D eigenvalue weighted by Gasteiger charge is -2.31.